The number of fused-ring (bicyclic) bond motifs is 5. The number of carbonyl (C=O) groups excluding carboxylic acids is 2. The summed E-state index contributed by atoms with van der Waals surface area (Å²) in [6.45, 7) is 9.69. The lowest BCUT2D eigenvalue weighted by Gasteiger charge is -2.63. The van der Waals surface area contributed by atoms with Crippen LogP contribution in [0.15, 0.2) is 27.6 Å². The molecule has 2 N–H and O–H groups in total. The number of carbonyl (C=O) groups is 2. The van der Waals surface area contributed by atoms with Crippen molar-refractivity contribution in [3.05, 3.63) is 34.4 Å². The molecular formula is C33H48N2O7. The van der Waals surface area contributed by atoms with Gasteiger partial charge in [-0.3, -0.25) is 4.79 Å². The molecule has 1 amide bonds. The van der Waals surface area contributed by atoms with Crippen LogP contribution in [-0.2, 0) is 14.3 Å². The predicted octanol–water partition coefficient (Wildman–Crippen LogP) is 4.61. The van der Waals surface area contributed by atoms with Gasteiger partial charge in [-0.05, 0) is 106 Å². The maximum atomic E-state index is 12.7. The lowest BCUT2D eigenvalue weighted by atomic mass is 9.43. The highest BCUT2D eigenvalue weighted by atomic mass is 16.6. The molecule has 6 rings (SSSR count). The highest BCUT2D eigenvalue weighted by Crippen LogP contribution is 2.71. The van der Waals surface area contributed by atoms with Crippen LogP contribution in [0.5, 0.6) is 0 Å². The molecule has 9 nitrogen and oxygen atoms in total. The number of likely N-dealkylation sites (tertiary alicyclic amines) is 1. The fourth-order valence-electron chi connectivity index (χ4n) is 10.3. The zero-order valence-corrected chi connectivity index (χ0v) is 25.4. The van der Waals surface area contributed by atoms with Gasteiger partial charge in [0, 0.05) is 43.8 Å². The van der Waals surface area contributed by atoms with E-state index in [4.69, 9.17) is 13.9 Å². The van der Waals surface area contributed by atoms with Crippen molar-refractivity contribution >= 4 is 12.1 Å². The van der Waals surface area contributed by atoms with Gasteiger partial charge in [-0.15, -0.1) is 0 Å². The van der Waals surface area contributed by atoms with Crippen molar-refractivity contribution in [1.29, 1.82) is 0 Å². The molecule has 0 radical (unpaired) electrons. The number of hydrogen-bond donors (Lipinski definition) is 2. The first-order chi connectivity index (χ1) is 20.0. The van der Waals surface area contributed by atoms with Crippen molar-refractivity contribution in [3.8, 4) is 0 Å². The Morgan fingerprint density at radius 1 is 1.07 bits per heavy atom. The van der Waals surface area contributed by atoms with Crippen molar-refractivity contribution in [2.45, 2.75) is 109 Å². The van der Waals surface area contributed by atoms with Gasteiger partial charge in [-0.2, -0.15) is 0 Å². The third kappa shape index (κ3) is 5.08. The summed E-state index contributed by atoms with van der Waals surface area (Å²) in [5, 5.41) is 15.7. The second-order valence-corrected chi connectivity index (χ2v) is 14.4. The van der Waals surface area contributed by atoms with E-state index in [1.54, 1.807) is 6.07 Å². The number of hydrogen-bond acceptors (Lipinski definition) is 8. The minimum Gasteiger partial charge on any atom is -0.462 e. The number of nitrogens with zero attached hydrogens (tertiary/aromatic N) is 1. The fourth-order valence-corrected chi connectivity index (χ4v) is 10.3. The van der Waals surface area contributed by atoms with E-state index in [0.29, 0.717) is 24.8 Å². The Hall–Kier alpha value is -2.39. The van der Waals surface area contributed by atoms with E-state index >= 15 is 0 Å². The normalized spacial score (nSPS) is 41.3. The van der Waals surface area contributed by atoms with Crippen LogP contribution in [-0.4, -0.2) is 66.1 Å². The Kier molecular flexibility index (Phi) is 7.96. The highest BCUT2D eigenvalue weighted by Gasteiger charge is 2.70. The first-order valence-electron chi connectivity index (χ1n) is 16.2. The Labute approximate surface area is 248 Å². The first-order valence-corrected chi connectivity index (χ1v) is 16.2. The summed E-state index contributed by atoms with van der Waals surface area (Å²) in [7, 11) is 0. The summed E-state index contributed by atoms with van der Waals surface area (Å²) in [4.78, 5) is 38.9. The standard InChI is InChI=1S/C33H48N2O7/c1-21(36)41-27-19-33(39)26-8-7-23-18-24(42-30(38)34-14-17-35-15-4-5-16-35)10-12-31(23,2)25(26)11-13-32(33,3)29(27)22-6-9-28(37)40-20-22/h6,9,20,23-27,29,39H,4-5,7-8,10-19H2,1-3H3,(H,34,38). The van der Waals surface area contributed by atoms with Crippen molar-refractivity contribution in [1.82, 2.24) is 10.2 Å². The number of amides is 1. The molecule has 1 saturated heterocycles. The minimum atomic E-state index is -1.01. The van der Waals surface area contributed by atoms with E-state index in [1.807, 2.05) is 0 Å². The van der Waals surface area contributed by atoms with Crippen LogP contribution < -0.4 is 10.9 Å². The van der Waals surface area contributed by atoms with E-state index in [2.05, 4.69) is 24.1 Å². The lowest BCUT2D eigenvalue weighted by Crippen LogP contribution is -2.62. The number of esters is 1. The van der Waals surface area contributed by atoms with E-state index in [-0.39, 0.29) is 35.4 Å². The van der Waals surface area contributed by atoms with Gasteiger partial charge in [0.1, 0.15) is 12.2 Å². The van der Waals surface area contributed by atoms with E-state index in [9.17, 15) is 19.5 Å². The Balaban J connectivity index is 1.15. The third-order valence-corrected chi connectivity index (χ3v) is 12.4. The molecule has 1 aliphatic heterocycles. The van der Waals surface area contributed by atoms with Crippen molar-refractivity contribution in [2.75, 3.05) is 26.2 Å². The van der Waals surface area contributed by atoms with Gasteiger partial charge in [0.25, 0.3) is 0 Å². The van der Waals surface area contributed by atoms with Crippen molar-refractivity contribution in [2.24, 2.45) is 28.6 Å². The molecule has 0 spiro atoms. The van der Waals surface area contributed by atoms with Gasteiger partial charge in [-0.1, -0.05) is 13.8 Å². The van der Waals surface area contributed by atoms with Gasteiger partial charge < -0.3 is 29.2 Å². The topological polar surface area (TPSA) is 118 Å². The molecule has 0 aromatic carbocycles. The lowest BCUT2D eigenvalue weighted by molar-refractivity contribution is -0.205. The smallest absolute Gasteiger partial charge is 0.407 e. The quantitative estimate of drug-likeness (QED) is 0.466. The average molecular weight is 585 g/mol. The van der Waals surface area contributed by atoms with Crippen LogP contribution >= 0.6 is 0 Å². The third-order valence-electron chi connectivity index (χ3n) is 12.4. The van der Waals surface area contributed by atoms with Crippen LogP contribution in [0.2, 0.25) is 0 Å². The predicted molar refractivity (Wildman–Crippen MR) is 156 cm³/mol. The summed E-state index contributed by atoms with van der Waals surface area (Å²) in [6, 6.07) is 3.17. The SMILES string of the molecule is CC(=O)OC1CC2(O)C3CCC4CC(OC(=O)NCCN5CCCC5)CCC4(C)C3CCC2(C)C1c1ccc(=O)oc1. The summed E-state index contributed by atoms with van der Waals surface area (Å²) in [5.41, 5.74) is -1.09. The monoisotopic (exact) mass is 584 g/mol. The Bertz CT molecular complexity index is 1210. The second kappa shape index (κ2) is 11.3. The molecule has 9 heteroatoms. The number of aliphatic hydroxyl groups is 1. The van der Waals surface area contributed by atoms with Crippen LogP contribution in [0.25, 0.3) is 0 Å². The zero-order valence-electron chi connectivity index (χ0n) is 25.4. The van der Waals surface area contributed by atoms with Gasteiger partial charge in [0.15, 0.2) is 0 Å². The summed E-state index contributed by atoms with van der Waals surface area (Å²) >= 11 is 0. The van der Waals surface area contributed by atoms with Crippen LogP contribution in [0.4, 0.5) is 4.79 Å². The maximum Gasteiger partial charge on any atom is 0.407 e. The minimum absolute atomic E-state index is 0.0562. The van der Waals surface area contributed by atoms with Crippen LogP contribution in [0, 0.1) is 28.6 Å². The molecule has 4 aliphatic carbocycles. The number of alkyl carbamates (subject to hydrolysis) is 1. The average Bonchev–Trinajstić information content (AvgIpc) is 3.53. The molecule has 5 fully saturated rings. The summed E-state index contributed by atoms with van der Waals surface area (Å²) in [6.07, 6.45) is 9.84. The number of ether oxygens (including phenoxy) is 2. The molecular weight excluding hydrogens is 536 g/mol. The number of nitrogens with one attached hydrogen (secondary N) is 1. The van der Waals surface area contributed by atoms with Gasteiger partial charge in [0.05, 0.1) is 11.9 Å². The molecule has 42 heavy (non-hydrogen) atoms. The van der Waals surface area contributed by atoms with Gasteiger partial charge >= 0.3 is 17.7 Å². The van der Waals surface area contributed by atoms with E-state index < -0.39 is 22.7 Å². The van der Waals surface area contributed by atoms with E-state index in [0.717, 1.165) is 70.1 Å². The van der Waals surface area contributed by atoms with Gasteiger partial charge in [-0.25, -0.2) is 9.59 Å². The second-order valence-electron chi connectivity index (χ2n) is 14.4. The zero-order chi connectivity index (χ0) is 29.7. The molecule has 1 aromatic heterocycles. The Morgan fingerprint density at radius 3 is 2.57 bits per heavy atom. The molecule has 4 saturated carbocycles. The fraction of sp³-hybridized carbons (Fsp3) is 0.788. The molecule has 232 valence electrons. The van der Waals surface area contributed by atoms with Crippen LogP contribution in [0.3, 0.4) is 0 Å². The summed E-state index contributed by atoms with van der Waals surface area (Å²) < 4.78 is 17.0. The van der Waals surface area contributed by atoms with E-state index in [1.165, 1.54) is 32.1 Å². The van der Waals surface area contributed by atoms with Gasteiger partial charge in [0.2, 0.25) is 0 Å². The van der Waals surface area contributed by atoms with Crippen LogP contribution in [0.1, 0.15) is 96.5 Å². The molecule has 5 aliphatic rings. The largest absolute Gasteiger partial charge is 0.462 e. The highest BCUT2D eigenvalue weighted by molar-refractivity contribution is 5.67. The molecule has 1 aromatic rings. The van der Waals surface area contributed by atoms with Crippen molar-refractivity contribution < 1.29 is 28.6 Å². The summed E-state index contributed by atoms with van der Waals surface area (Å²) in [5.74, 6) is 0.250. The molecule has 2 heterocycles. The Morgan fingerprint density at radius 2 is 1.86 bits per heavy atom. The first kappa shape index (κ1) is 29.7. The number of rotatable bonds is 6. The maximum absolute atomic E-state index is 12.7. The molecule has 9 unspecified atom stereocenters. The molecule has 9 atom stereocenters. The van der Waals surface area contributed by atoms with Crippen molar-refractivity contribution in [3.63, 3.8) is 0 Å². The molecule has 0 bridgehead atoms.